The number of amides is 1. The molecule has 1 atom stereocenters. The highest BCUT2D eigenvalue weighted by atomic mass is 16.3. The van der Waals surface area contributed by atoms with Gasteiger partial charge in [-0.25, -0.2) is 4.68 Å². The number of carbonyl (C=O) groups is 1. The molecule has 0 spiro atoms. The number of rotatable bonds is 5. The fourth-order valence-electron chi connectivity index (χ4n) is 1.68. The van der Waals surface area contributed by atoms with Crippen LogP contribution in [-0.2, 0) is 4.79 Å². The quantitative estimate of drug-likeness (QED) is 0.862. The molecule has 0 saturated carbocycles. The number of benzene rings is 1. The topological polar surface area (TPSA) is 67.2 Å². The Kier molecular flexibility index (Phi) is 4.30. The van der Waals surface area contributed by atoms with Gasteiger partial charge in [0.1, 0.15) is 0 Å². The number of nitrogens with one attached hydrogen (secondary N) is 1. The number of aliphatic hydroxyl groups excluding tert-OH is 1. The minimum absolute atomic E-state index is 0.0901. The summed E-state index contributed by atoms with van der Waals surface area (Å²) in [5, 5.41) is 16.0. The number of hydrogen-bond acceptors (Lipinski definition) is 3. The average Bonchev–Trinajstić information content (AvgIpc) is 2.91. The van der Waals surface area contributed by atoms with Gasteiger partial charge in [0.05, 0.1) is 11.8 Å². The smallest absolute Gasteiger partial charge is 0.224 e. The summed E-state index contributed by atoms with van der Waals surface area (Å²) in [4.78, 5) is 11.6. The minimum atomic E-state index is -0.451. The molecule has 0 fully saturated rings. The molecule has 19 heavy (non-hydrogen) atoms. The lowest BCUT2D eigenvalue weighted by Gasteiger charge is -2.07. The summed E-state index contributed by atoms with van der Waals surface area (Å²) in [5.74, 6) is -0.0901. The Hall–Kier alpha value is -2.14. The van der Waals surface area contributed by atoms with Gasteiger partial charge in [-0.15, -0.1) is 0 Å². The zero-order valence-electron chi connectivity index (χ0n) is 10.8. The van der Waals surface area contributed by atoms with Crippen LogP contribution in [0.25, 0.3) is 5.69 Å². The summed E-state index contributed by atoms with van der Waals surface area (Å²) >= 11 is 0. The van der Waals surface area contributed by atoms with E-state index in [4.69, 9.17) is 5.11 Å². The van der Waals surface area contributed by atoms with Crippen LogP contribution in [0.3, 0.4) is 0 Å². The first-order valence-corrected chi connectivity index (χ1v) is 6.23. The van der Waals surface area contributed by atoms with E-state index in [0.717, 1.165) is 11.4 Å². The van der Waals surface area contributed by atoms with Crippen molar-refractivity contribution in [1.29, 1.82) is 0 Å². The Balaban J connectivity index is 1.94. The number of hydrogen-bond donors (Lipinski definition) is 2. The van der Waals surface area contributed by atoms with Crippen molar-refractivity contribution >= 4 is 11.6 Å². The van der Waals surface area contributed by atoms with E-state index >= 15 is 0 Å². The van der Waals surface area contributed by atoms with Gasteiger partial charge < -0.3 is 10.4 Å². The van der Waals surface area contributed by atoms with Crippen molar-refractivity contribution in [3.05, 3.63) is 42.7 Å². The Morgan fingerprint density at radius 3 is 2.74 bits per heavy atom. The van der Waals surface area contributed by atoms with Gasteiger partial charge in [-0.2, -0.15) is 5.10 Å². The Labute approximate surface area is 111 Å². The third kappa shape index (κ3) is 3.93. The summed E-state index contributed by atoms with van der Waals surface area (Å²) < 4.78 is 1.75. The van der Waals surface area contributed by atoms with E-state index in [2.05, 4.69) is 10.4 Å². The van der Waals surface area contributed by atoms with Crippen LogP contribution in [0.4, 0.5) is 5.69 Å². The second-order valence-electron chi connectivity index (χ2n) is 4.43. The molecular formula is C14H17N3O2. The van der Waals surface area contributed by atoms with Crippen LogP contribution in [0.15, 0.2) is 42.7 Å². The third-order valence-corrected chi connectivity index (χ3v) is 2.71. The van der Waals surface area contributed by atoms with Gasteiger partial charge in [-0.05, 0) is 43.7 Å². The summed E-state index contributed by atoms with van der Waals surface area (Å²) in [6.07, 6.45) is 3.91. The summed E-state index contributed by atoms with van der Waals surface area (Å²) in [6, 6.07) is 9.29. The normalized spacial score (nSPS) is 12.1. The third-order valence-electron chi connectivity index (χ3n) is 2.71. The van der Waals surface area contributed by atoms with Gasteiger partial charge >= 0.3 is 0 Å². The first-order valence-electron chi connectivity index (χ1n) is 6.23. The molecule has 100 valence electrons. The molecule has 1 heterocycles. The minimum Gasteiger partial charge on any atom is -0.393 e. The number of anilines is 1. The molecule has 0 aliphatic rings. The molecule has 1 aromatic heterocycles. The summed E-state index contributed by atoms with van der Waals surface area (Å²) in [6.45, 7) is 1.67. The zero-order valence-corrected chi connectivity index (χ0v) is 10.8. The number of nitrogens with zero attached hydrogens (tertiary/aromatic N) is 2. The first-order chi connectivity index (χ1) is 9.15. The molecule has 0 aliphatic carbocycles. The maximum absolute atomic E-state index is 11.6. The molecule has 1 amide bonds. The van der Waals surface area contributed by atoms with Crippen molar-refractivity contribution < 1.29 is 9.90 Å². The van der Waals surface area contributed by atoms with E-state index in [9.17, 15) is 4.79 Å². The highest BCUT2D eigenvalue weighted by Gasteiger charge is 2.05. The summed E-state index contributed by atoms with van der Waals surface area (Å²) in [5.41, 5.74) is 1.68. The van der Waals surface area contributed by atoms with Crippen LogP contribution in [0.1, 0.15) is 19.8 Å². The van der Waals surface area contributed by atoms with E-state index in [1.54, 1.807) is 17.8 Å². The number of aliphatic hydroxyl groups is 1. The zero-order chi connectivity index (χ0) is 13.7. The van der Waals surface area contributed by atoms with Crippen LogP contribution in [0, 0.1) is 0 Å². The largest absolute Gasteiger partial charge is 0.393 e. The molecular weight excluding hydrogens is 242 g/mol. The fourth-order valence-corrected chi connectivity index (χ4v) is 1.68. The first kappa shape index (κ1) is 13.3. The van der Waals surface area contributed by atoms with E-state index in [1.165, 1.54) is 0 Å². The molecule has 2 aromatic rings. The van der Waals surface area contributed by atoms with Gasteiger partial charge in [-0.1, -0.05) is 0 Å². The standard InChI is InChI=1S/C14H17N3O2/c1-11(18)3-8-14(19)16-12-4-6-13(7-5-12)17-10-2-9-15-17/h2,4-7,9-11,18H,3,8H2,1H3,(H,16,19). The van der Waals surface area contributed by atoms with Crippen LogP contribution in [-0.4, -0.2) is 26.9 Å². The predicted octanol–water partition coefficient (Wildman–Crippen LogP) is 1.97. The van der Waals surface area contributed by atoms with Crippen molar-refractivity contribution in [2.45, 2.75) is 25.9 Å². The van der Waals surface area contributed by atoms with Crippen molar-refractivity contribution in [1.82, 2.24) is 9.78 Å². The van der Waals surface area contributed by atoms with Crippen LogP contribution < -0.4 is 5.32 Å². The van der Waals surface area contributed by atoms with Crippen molar-refractivity contribution in [3.63, 3.8) is 0 Å². The molecule has 0 saturated heterocycles. The SMILES string of the molecule is CC(O)CCC(=O)Nc1ccc(-n2cccn2)cc1. The molecule has 5 heteroatoms. The van der Waals surface area contributed by atoms with E-state index in [0.29, 0.717) is 12.8 Å². The lowest BCUT2D eigenvalue weighted by molar-refractivity contribution is -0.116. The number of carbonyl (C=O) groups excluding carboxylic acids is 1. The summed E-state index contributed by atoms with van der Waals surface area (Å²) in [7, 11) is 0. The number of aromatic nitrogens is 2. The van der Waals surface area contributed by atoms with Gasteiger partial charge in [0.25, 0.3) is 0 Å². The van der Waals surface area contributed by atoms with E-state index in [-0.39, 0.29) is 5.91 Å². The maximum atomic E-state index is 11.6. The lowest BCUT2D eigenvalue weighted by atomic mass is 10.2. The second kappa shape index (κ2) is 6.15. The van der Waals surface area contributed by atoms with Gasteiger partial charge in [0, 0.05) is 24.5 Å². The van der Waals surface area contributed by atoms with Crippen molar-refractivity contribution in [2.24, 2.45) is 0 Å². The van der Waals surface area contributed by atoms with Crippen LogP contribution in [0.2, 0.25) is 0 Å². The fraction of sp³-hybridized carbons (Fsp3) is 0.286. The van der Waals surface area contributed by atoms with Gasteiger partial charge in [0.2, 0.25) is 5.91 Å². The van der Waals surface area contributed by atoms with Crippen molar-refractivity contribution in [2.75, 3.05) is 5.32 Å². The molecule has 0 bridgehead atoms. The Morgan fingerprint density at radius 1 is 1.42 bits per heavy atom. The second-order valence-corrected chi connectivity index (χ2v) is 4.43. The Bertz CT molecular complexity index is 518. The van der Waals surface area contributed by atoms with Gasteiger partial charge in [-0.3, -0.25) is 4.79 Å². The molecule has 1 aromatic carbocycles. The molecule has 0 radical (unpaired) electrons. The lowest BCUT2D eigenvalue weighted by Crippen LogP contribution is -2.14. The molecule has 5 nitrogen and oxygen atoms in total. The average molecular weight is 259 g/mol. The van der Waals surface area contributed by atoms with E-state index < -0.39 is 6.10 Å². The Morgan fingerprint density at radius 2 is 2.16 bits per heavy atom. The van der Waals surface area contributed by atoms with E-state index in [1.807, 2.05) is 36.5 Å². The van der Waals surface area contributed by atoms with Crippen LogP contribution >= 0.6 is 0 Å². The molecule has 2 rings (SSSR count). The highest BCUT2D eigenvalue weighted by Crippen LogP contribution is 2.13. The molecule has 0 aliphatic heterocycles. The van der Waals surface area contributed by atoms with Crippen molar-refractivity contribution in [3.8, 4) is 5.69 Å². The predicted molar refractivity (Wildman–Crippen MR) is 73.1 cm³/mol. The molecule has 1 unspecified atom stereocenters. The van der Waals surface area contributed by atoms with Gasteiger partial charge in [0.15, 0.2) is 0 Å². The molecule has 2 N–H and O–H groups in total. The maximum Gasteiger partial charge on any atom is 0.224 e. The highest BCUT2D eigenvalue weighted by molar-refractivity contribution is 5.90. The van der Waals surface area contributed by atoms with Crippen LogP contribution in [0.5, 0.6) is 0 Å². The monoisotopic (exact) mass is 259 g/mol.